The summed E-state index contributed by atoms with van der Waals surface area (Å²) in [7, 11) is -4.04. The molecule has 4 rings (SSSR count). The van der Waals surface area contributed by atoms with E-state index in [0.29, 0.717) is 29.2 Å². The van der Waals surface area contributed by atoms with E-state index in [1.54, 1.807) is 37.3 Å². The minimum atomic E-state index is -4.04. The molecule has 0 saturated carbocycles. The highest BCUT2D eigenvalue weighted by Gasteiger charge is 2.28. The van der Waals surface area contributed by atoms with E-state index in [9.17, 15) is 18.0 Å². The van der Waals surface area contributed by atoms with Gasteiger partial charge in [-0.25, -0.2) is 8.42 Å². The third-order valence-corrected chi connectivity index (χ3v) is 8.37. The molecule has 194 valence electrons. The van der Waals surface area contributed by atoms with Crippen molar-refractivity contribution in [1.82, 2.24) is 10.2 Å². The van der Waals surface area contributed by atoms with Gasteiger partial charge in [0.05, 0.1) is 10.6 Å². The maximum absolute atomic E-state index is 13.6. The Balaban J connectivity index is 1.51. The molecule has 1 saturated heterocycles. The Kier molecular flexibility index (Phi) is 8.19. The quantitative estimate of drug-likeness (QED) is 0.431. The van der Waals surface area contributed by atoms with E-state index in [-0.39, 0.29) is 17.3 Å². The van der Waals surface area contributed by atoms with Gasteiger partial charge in [0, 0.05) is 31.1 Å². The Labute approximate surface area is 223 Å². The molecule has 0 spiro atoms. The summed E-state index contributed by atoms with van der Waals surface area (Å²) < 4.78 is 28.3. The van der Waals surface area contributed by atoms with Crippen LogP contribution < -0.4 is 9.62 Å². The van der Waals surface area contributed by atoms with Crippen LogP contribution in [0.4, 0.5) is 5.69 Å². The Hall–Kier alpha value is -3.36. The van der Waals surface area contributed by atoms with Crippen LogP contribution in [0.15, 0.2) is 71.6 Å². The summed E-state index contributed by atoms with van der Waals surface area (Å²) in [4.78, 5) is 26.9. The molecule has 0 aliphatic carbocycles. The van der Waals surface area contributed by atoms with Gasteiger partial charge >= 0.3 is 0 Å². The van der Waals surface area contributed by atoms with Crippen molar-refractivity contribution in [2.75, 3.05) is 17.4 Å². The number of aryl methyl sites for hydroxylation is 2. The van der Waals surface area contributed by atoms with Gasteiger partial charge in [0.15, 0.2) is 0 Å². The van der Waals surface area contributed by atoms with E-state index in [0.717, 1.165) is 34.0 Å². The lowest BCUT2D eigenvalue weighted by Crippen LogP contribution is -2.41. The fourth-order valence-electron chi connectivity index (χ4n) is 4.30. The first-order valence-corrected chi connectivity index (χ1v) is 13.9. The third-order valence-electron chi connectivity index (χ3n) is 6.36. The van der Waals surface area contributed by atoms with Crippen LogP contribution in [-0.4, -0.2) is 38.2 Å². The van der Waals surface area contributed by atoms with Gasteiger partial charge in [0.25, 0.3) is 10.0 Å². The van der Waals surface area contributed by atoms with E-state index in [2.05, 4.69) is 5.32 Å². The van der Waals surface area contributed by atoms with Crippen LogP contribution in [0.3, 0.4) is 0 Å². The Bertz CT molecular complexity index is 1410. The molecule has 2 amide bonds. The predicted molar refractivity (Wildman–Crippen MR) is 145 cm³/mol. The second-order valence-electron chi connectivity index (χ2n) is 9.27. The number of anilines is 1. The van der Waals surface area contributed by atoms with Crippen molar-refractivity contribution in [3.63, 3.8) is 0 Å². The molecule has 1 aliphatic heterocycles. The van der Waals surface area contributed by atoms with Gasteiger partial charge in [-0.15, -0.1) is 0 Å². The molecule has 0 unspecified atom stereocenters. The van der Waals surface area contributed by atoms with Crippen LogP contribution >= 0.6 is 11.6 Å². The largest absolute Gasteiger partial charge is 0.350 e. The number of sulfonamides is 1. The summed E-state index contributed by atoms with van der Waals surface area (Å²) in [6, 6.07) is 19.2. The molecule has 1 N–H and O–H groups in total. The second-order valence-corrected chi connectivity index (χ2v) is 11.6. The van der Waals surface area contributed by atoms with Crippen LogP contribution in [0.25, 0.3) is 0 Å². The number of hydrogen-bond donors (Lipinski definition) is 1. The van der Waals surface area contributed by atoms with Crippen molar-refractivity contribution in [3.8, 4) is 0 Å². The zero-order valence-electron chi connectivity index (χ0n) is 20.9. The van der Waals surface area contributed by atoms with Gasteiger partial charge in [-0.2, -0.15) is 0 Å². The lowest BCUT2D eigenvalue weighted by atomic mass is 10.1. The number of likely N-dealkylation sites (tertiary alicyclic amines) is 1. The fourth-order valence-corrected chi connectivity index (χ4v) is 5.95. The van der Waals surface area contributed by atoms with Crippen molar-refractivity contribution >= 4 is 39.1 Å². The fraction of sp³-hybridized carbons (Fsp3) is 0.286. The Morgan fingerprint density at radius 2 is 1.76 bits per heavy atom. The van der Waals surface area contributed by atoms with Crippen molar-refractivity contribution in [2.24, 2.45) is 0 Å². The molecule has 0 bridgehead atoms. The third kappa shape index (κ3) is 6.50. The van der Waals surface area contributed by atoms with E-state index in [4.69, 9.17) is 11.6 Å². The van der Waals surface area contributed by atoms with Crippen molar-refractivity contribution < 1.29 is 18.0 Å². The summed E-state index contributed by atoms with van der Waals surface area (Å²) in [6.45, 7) is 4.77. The molecule has 1 fully saturated rings. The minimum Gasteiger partial charge on any atom is -0.350 e. The Morgan fingerprint density at radius 3 is 2.46 bits per heavy atom. The number of rotatable bonds is 9. The first kappa shape index (κ1) is 26.7. The molecule has 3 aromatic carbocycles. The molecule has 0 radical (unpaired) electrons. The highest BCUT2D eigenvalue weighted by molar-refractivity contribution is 7.92. The molecule has 7 nitrogen and oxygen atoms in total. The summed E-state index contributed by atoms with van der Waals surface area (Å²) >= 11 is 6.19. The number of amides is 2. The minimum absolute atomic E-state index is 0.0921. The topological polar surface area (TPSA) is 86.8 Å². The summed E-state index contributed by atoms with van der Waals surface area (Å²) in [5.41, 5.74) is 3.81. The maximum Gasteiger partial charge on any atom is 0.264 e. The van der Waals surface area contributed by atoms with Gasteiger partial charge in [-0.1, -0.05) is 59.6 Å². The Morgan fingerprint density at radius 1 is 1.03 bits per heavy atom. The lowest BCUT2D eigenvalue weighted by Gasteiger charge is -2.26. The second kappa shape index (κ2) is 11.4. The van der Waals surface area contributed by atoms with Gasteiger partial charge in [0.2, 0.25) is 11.8 Å². The normalized spacial score (nSPS) is 13.6. The first-order valence-electron chi connectivity index (χ1n) is 12.1. The van der Waals surface area contributed by atoms with Crippen LogP contribution in [0.5, 0.6) is 0 Å². The van der Waals surface area contributed by atoms with Gasteiger partial charge in [-0.3, -0.25) is 13.9 Å². The molecule has 37 heavy (non-hydrogen) atoms. The zero-order valence-corrected chi connectivity index (χ0v) is 22.5. The molecule has 1 heterocycles. The van der Waals surface area contributed by atoms with E-state index >= 15 is 0 Å². The first-order chi connectivity index (χ1) is 17.6. The number of carbonyl (C=O) groups is 2. The average Bonchev–Trinajstić information content (AvgIpc) is 3.27. The van der Waals surface area contributed by atoms with Crippen LogP contribution in [0.2, 0.25) is 5.02 Å². The molecule has 0 aromatic heterocycles. The van der Waals surface area contributed by atoms with Gasteiger partial charge in [0.1, 0.15) is 6.54 Å². The number of halogens is 1. The van der Waals surface area contributed by atoms with Crippen LogP contribution in [0.1, 0.15) is 35.1 Å². The van der Waals surface area contributed by atoms with Crippen LogP contribution in [0, 0.1) is 13.8 Å². The van der Waals surface area contributed by atoms with Gasteiger partial charge < -0.3 is 10.2 Å². The highest BCUT2D eigenvalue weighted by atomic mass is 35.5. The number of nitrogens with zero attached hydrogens (tertiary/aromatic N) is 2. The zero-order chi connectivity index (χ0) is 26.6. The predicted octanol–water partition coefficient (Wildman–Crippen LogP) is 4.59. The molecule has 1 aliphatic rings. The number of carbonyl (C=O) groups excluding carboxylic acids is 2. The summed E-state index contributed by atoms with van der Waals surface area (Å²) in [5.74, 6) is -0.292. The molecular formula is C28H30ClN3O4S. The smallest absolute Gasteiger partial charge is 0.264 e. The van der Waals surface area contributed by atoms with E-state index in [1.165, 1.54) is 12.1 Å². The van der Waals surface area contributed by atoms with Gasteiger partial charge in [-0.05, 0) is 61.2 Å². The van der Waals surface area contributed by atoms with E-state index in [1.807, 2.05) is 36.1 Å². The van der Waals surface area contributed by atoms with Crippen LogP contribution in [-0.2, 0) is 32.7 Å². The molecule has 0 atom stereocenters. The SMILES string of the molecule is Cc1ccc(S(=O)(=O)N(CC(=O)NCc2cccc(CN3CCCC3=O)c2)c2cc(Cl)ccc2C)cc1. The average molecular weight is 540 g/mol. The summed E-state index contributed by atoms with van der Waals surface area (Å²) in [5, 5.41) is 3.21. The molecular weight excluding hydrogens is 510 g/mol. The van der Waals surface area contributed by atoms with Crippen molar-refractivity contribution in [1.29, 1.82) is 0 Å². The summed E-state index contributed by atoms with van der Waals surface area (Å²) in [6.07, 6.45) is 1.46. The molecule has 9 heteroatoms. The van der Waals surface area contributed by atoms with Crippen molar-refractivity contribution in [2.45, 2.75) is 44.7 Å². The highest BCUT2D eigenvalue weighted by Crippen LogP contribution is 2.29. The number of hydrogen-bond acceptors (Lipinski definition) is 4. The number of nitrogens with one attached hydrogen (secondary N) is 1. The molecule has 3 aromatic rings. The standard InChI is InChI=1S/C28H30ClN3O4S/c1-20-8-12-25(13-9-20)37(35,36)32(26-16-24(29)11-10-21(26)2)19-27(33)30-17-22-5-3-6-23(15-22)18-31-14-4-7-28(31)34/h3,5-6,8-13,15-16H,4,7,14,17-19H2,1-2H3,(H,30,33). The number of benzene rings is 3. The van der Waals surface area contributed by atoms with E-state index < -0.39 is 22.5 Å². The monoisotopic (exact) mass is 539 g/mol. The maximum atomic E-state index is 13.6. The van der Waals surface area contributed by atoms with Crippen molar-refractivity contribution in [3.05, 3.63) is 94.0 Å². The lowest BCUT2D eigenvalue weighted by molar-refractivity contribution is -0.128.